The van der Waals surface area contributed by atoms with Gasteiger partial charge >= 0.3 is 0 Å². The third-order valence-corrected chi connectivity index (χ3v) is 4.18. The normalized spacial score (nSPS) is 14.2. The minimum absolute atomic E-state index is 0.695. The second-order valence-electron chi connectivity index (χ2n) is 5.59. The van der Waals surface area contributed by atoms with Crippen molar-refractivity contribution in [1.82, 2.24) is 0 Å². The summed E-state index contributed by atoms with van der Waals surface area (Å²) in [5.74, 6) is 0. The fourth-order valence-electron chi connectivity index (χ4n) is 3.07. The lowest BCUT2D eigenvalue weighted by molar-refractivity contribution is 1.08. The van der Waals surface area contributed by atoms with E-state index in [1.807, 2.05) is 18.2 Å². The molecule has 2 aromatic rings. The molecule has 0 atom stereocenters. The van der Waals surface area contributed by atoms with Crippen molar-refractivity contribution in [2.45, 2.75) is 19.8 Å². The van der Waals surface area contributed by atoms with Gasteiger partial charge in [0.05, 0.1) is 11.6 Å². The molecular formula is C22H19N. The van der Waals surface area contributed by atoms with Crippen molar-refractivity contribution in [2.24, 2.45) is 0 Å². The minimum atomic E-state index is 0.695. The van der Waals surface area contributed by atoms with Gasteiger partial charge in [-0.25, -0.2) is 0 Å². The van der Waals surface area contributed by atoms with E-state index in [1.165, 1.54) is 27.8 Å². The first-order chi connectivity index (χ1) is 11.3. The van der Waals surface area contributed by atoms with E-state index in [2.05, 4.69) is 67.6 Å². The van der Waals surface area contributed by atoms with Crippen molar-refractivity contribution >= 4 is 5.57 Å². The molecule has 112 valence electrons. The number of nitrogens with zero attached hydrogens (tertiary/aromatic N) is 1. The summed E-state index contributed by atoms with van der Waals surface area (Å²) < 4.78 is 0. The van der Waals surface area contributed by atoms with Gasteiger partial charge in [0.1, 0.15) is 0 Å². The summed E-state index contributed by atoms with van der Waals surface area (Å²) in [5, 5.41) is 9.03. The number of hydrogen-bond acceptors (Lipinski definition) is 1. The summed E-state index contributed by atoms with van der Waals surface area (Å²) in [6.07, 6.45) is 8.53. The predicted octanol–water partition coefficient (Wildman–Crippen LogP) is 5.66. The average Bonchev–Trinajstić information content (AvgIpc) is 3.15. The quantitative estimate of drug-likeness (QED) is 0.714. The zero-order chi connectivity index (χ0) is 16.1. The van der Waals surface area contributed by atoms with Crippen molar-refractivity contribution in [1.29, 1.82) is 5.26 Å². The highest BCUT2D eigenvalue weighted by molar-refractivity contribution is 5.85. The standard InChI is InChI=1S/C22H19N/c1-2-21(18-8-6-7-9-18)22(19-10-4-3-5-11-19)20-14-12-17(16-23)13-15-20/h3-8,10-15H,2,9H2,1H3/b22-21+. The minimum Gasteiger partial charge on any atom is -0.192 e. The van der Waals surface area contributed by atoms with Gasteiger partial charge in [0.15, 0.2) is 0 Å². The Balaban J connectivity index is 2.19. The Morgan fingerprint density at radius 3 is 2.26 bits per heavy atom. The molecule has 3 rings (SSSR count). The van der Waals surface area contributed by atoms with E-state index in [4.69, 9.17) is 5.26 Å². The SMILES string of the molecule is CC/C(C1=CC=CC1)=C(/c1ccccc1)c1ccc(C#N)cc1. The first kappa shape index (κ1) is 15.1. The summed E-state index contributed by atoms with van der Waals surface area (Å²) >= 11 is 0. The number of allylic oxidation sites excluding steroid dienone is 5. The molecular weight excluding hydrogens is 278 g/mol. The summed E-state index contributed by atoms with van der Waals surface area (Å²) in [6.45, 7) is 2.21. The van der Waals surface area contributed by atoms with Gasteiger partial charge in [0, 0.05) is 0 Å². The van der Waals surface area contributed by atoms with Crippen LogP contribution in [-0.2, 0) is 0 Å². The van der Waals surface area contributed by atoms with Crippen LogP contribution in [0.2, 0.25) is 0 Å². The molecule has 0 amide bonds. The zero-order valence-corrected chi connectivity index (χ0v) is 13.3. The molecule has 0 saturated heterocycles. The summed E-state index contributed by atoms with van der Waals surface area (Å²) in [6, 6.07) is 20.6. The lowest BCUT2D eigenvalue weighted by Crippen LogP contribution is -1.97. The van der Waals surface area contributed by atoms with Crippen LogP contribution in [0.5, 0.6) is 0 Å². The van der Waals surface area contributed by atoms with E-state index >= 15 is 0 Å². The highest BCUT2D eigenvalue weighted by Gasteiger charge is 2.15. The van der Waals surface area contributed by atoms with E-state index < -0.39 is 0 Å². The van der Waals surface area contributed by atoms with Gasteiger partial charge in [0.25, 0.3) is 0 Å². The predicted molar refractivity (Wildman–Crippen MR) is 95.8 cm³/mol. The van der Waals surface area contributed by atoms with Gasteiger partial charge in [-0.05, 0) is 52.8 Å². The molecule has 0 spiro atoms. The van der Waals surface area contributed by atoms with Crippen molar-refractivity contribution in [2.75, 3.05) is 0 Å². The molecule has 1 aliphatic carbocycles. The van der Waals surface area contributed by atoms with E-state index in [9.17, 15) is 0 Å². The maximum absolute atomic E-state index is 9.03. The van der Waals surface area contributed by atoms with Gasteiger partial charge in [-0.3, -0.25) is 0 Å². The maximum Gasteiger partial charge on any atom is 0.0991 e. The maximum atomic E-state index is 9.03. The number of benzene rings is 2. The third kappa shape index (κ3) is 3.17. The lowest BCUT2D eigenvalue weighted by atomic mass is 9.87. The summed E-state index contributed by atoms with van der Waals surface area (Å²) in [7, 11) is 0. The van der Waals surface area contributed by atoms with Crippen molar-refractivity contribution in [3.63, 3.8) is 0 Å². The van der Waals surface area contributed by atoms with Gasteiger partial charge in [-0.1, -0.05) is 67.6 Å². The second kappa shape index (κ2) is 6.94. The first-order valence-corrected chi connectivity index (χ1v) is 7.98. The largest absolute Gasteiger partial charge is 0.192 e. The van der Waals surface area contributed by atoms with Gasteiger partial charge < -0.3 is 0 Å². The molecule has 0 radical (unpaired) electrons. The number of hydrogen-bond donors (Lipinski definition) is 0. The molecule has 0 aromatic heterocycles. The smallest absolute Gasteiger partial charge is 0.0991 e. The van der Waals surface area contributed by atoms with E-state index in [0.717, 1.165) is 12.8 Å². The number of nitriles is 1. The Morgan fingerprint density at radius 1 is 1.00 bits per heavy atom. The molecule has 0 fully saturated rings. The average molecular weight is 297 g/mol. The molecule has 0 saturated carbocycles. The fourth-order valence-corrected chi connectivity index (χ4v) is 3.07. The Hall–Kier alpha value is -2.85. The summed E-state index contributed by atoms with van der Waals surface area (Å²) in [5.41, 5.74) is 7.12. The molecule has 2 aromatic carbocycles. The topological polar surface area (TPSA) is 23.8 Å². The van der Waals surface area contributed by atoms with Crippen LogP contribution in [0, 0.1) is 11.3 Å². The van der Waals surface area contributed by atoms with Crippen LogP contribution in [0.15, 0.2) is 84.0 Å². The number of rotatable bonds is 4. The van der Waals surface area contributed by atoms with Crippen molar-refractivity contribution < 1.29 is 0 Å². The Bertz CT molecular complexity index is 813. The van der Waals surface area contributed by atoms with Gasteiger partial charge in [-0.2, -0.15) is 5.26 Å². The first-order valence-electron chi connectivity index (χ1n) is 7.98. The van der Waals surface area contributed by atoms with Gasteiger partial charge in [-0.15, -0.1) is 0 Å². The molecule has 1 aliphatic rings. The van der Waals surface area contributed by atoms with Crippen molar-refractivity contribution in [3.8, 4) is 6.07 Å². The van der Waals surface area contributed by atoms with Crippen LogP contribution in [0.1, 0.15) is 36.5 Å². The molecule has 0 unspecified atom stereocenters. The second-order valence-corrected chi connectivity index (χ2v) is 5.59. The molecule has 0 aliphatic heterocycles. The molecule has 0 N–H and O–H groups in total. The van der Waals surface area contributed by atoms with Crippen LogP contribution in [-0.4, -0.2) is 0 Å². The molecule has 1 nitrogen and oxygen atoms in total. The fraction of sp³-hybridized carbons (Fsp3) is 0.136. The van der Waals surface area contributed by atoms with Gasteiger partial charge in [0.2, 0.25) is 0 Å². The van der Waals surface area contributed by atoms with Crippen LogP contribution in [0.4, 0.5) is 0 Å². The highest BCUT2D eigenvalue weighted by Crippen LogP contribution is 2.34. The monoisotopic (exact) mass is 297 g/mol. The van der Waals surface area contributed by atoms with Crippen molar-refractivity contribution in [3.05, 3.63) is 101 Å². The Kier molecular flexibility index (Phi) is 4.54. The van der Waals surface area contributed by atoms with E-state index in [0.29, 0.717) is 5.56 Å². The Labute approximate surface area is 137 Å². The van der Waals surface area contributed by atoms with Crippen LogP contribution in [0.3, 0.4) is 0 Å². The molecule has 23 heavy (non-hydrogen) atoms. The zero-order valence-electron chi connectivity index (χ0n) is 13.3. The Morgan fingerprint density at radius 2 is 1.70 bits per heavy atom. The third-order valence-electron chi connectivity index (χ3n) is 4.18. The molecule has 1 heteroatoms. The summed E-state index contributed by atoms with van der Waals surface area (Å²) in [4.78, 5) is 0. The molecule has 0 heterocycles. The van der Waals surface area contributed by atoms with Crippen LogP contribution < -0.4 is 0 Å². The van der Waals surface area contributed by atoms with Crippen LogP contribution in [0.25, 0.3) is 5.57 Å². The molecule has 0 bridgehead atoms. The van der Waals surface area contributed by atoms with Crippen LogP contribution >= 0.6 is 0 Å². The lowest BCUT2D eigenvalue weighted by Gasteiger charge is -2.17. The van der Waals surface area contributed by atoms with E-state index in [1.54, 1.807) is 0 Å². The van der Waals surface area contributed by atoms with E-state index in [-0.39, 0.29) is 0 Å². The highest BCUT2D eigenvalue weighted by atomic mass is 14.2.